The molecule has 2 fully saturated rings. The maximum absolute atomic E-state index is 9.07. The van der Waals surface area contributed by atoms with Crippen molar-refractivity contribution < 1.29 is 19.3 Å². The van der Waals surface area contributed by atoms with Crippen molar-refractivity contribution in [1.29, 1.82) is 0 Å². The highest BCUT2D eigenvalue weighted by atomic mass is 16.5. The molecule has 0 saturated carbocycles. The van der Waals surface area contributed by atoms with Gasteiger partial charge < -0.3 is 19.3 Å². The fourth-order valence-corrected chi connectivity index (χ4v) is 3.93. The largest absolute Gasteiger partial charge is 0.392 e. The van der Waals surface area contributed by atoms with Crippen LogP contribution < -0.4 is 0 Å². The molecular weight excluding hydrogens is 364 g/mol. The maximum Gasteiger partial charge on any atom is 0.0875 e. The van der Waals surface area contributed by atoms with Gasteiger partial charge in [-0.3, -0.25) is 0 Å². The minimum absolute atomic E-state index is 0.0812. The SMILES string of the molecule is CCC1(CC(C)C)COC1.CCC1(COC(C)(C)c2ccc(CO)cc2)COC1. The molecule has 2 saturated heterocycles. The first-order valence-electron chi connectivity index (χ1n) is 11.2. The van der Waals surface area contributed by atoms with Crippen molar-refractivity contribution in [3.05, 3.63) is 35.4 Å². The zero-order valence-electron chi connectivity index (χ0n) is 19.4. The third kappa shape index (κ3) is 6.52. The van der Waals surface area contributed by atoms with Crippen LogP contribution in [0.4, 0.5) is 0 Å². The Labute approximate surface area is 177 Å². The number of aliphatic hydroxyl groups is 1. The molecule has 4 heteroatoms. The Morgan fingerprint density at radius 1 is 0.966 bits per heavy atom. The van der Waals surface area contributed by atoms with Crippen LogP contribution in [0.15, 0.2) is 24.3 Å². The maximum atomic E-state index is 9.07. The Bertz CT molecular complexity index is 587. The molecule has 2 heterocycles. The van der Waals surface area contributed by atoms with Gasteiger partial charge >= 0.3 is 0 Å². The Morgan fingerprint density at radius 2 is 1.48 bits per heavy atom. The number of rotatable bonds is 9. The van der Waals surface area contributed by atoms with Crippen molar-refractivity contribution >= 4 is 0 Å². The van der Waals surface area contributed by atoms with Crippen molar-refractivity contribution in [3.63, 3.8) is 0 Å². The summed E-state index contributed by atoms with van der Waals surface area (Å²) in [4.78, 5) is 0. The molecule has 1 aromatic carbocycles. The zero-order valence-corrected chi connectivity index (χ0v) is 19.4. The number of ether oxygens (including phenoxy) is 3. The average molecular weight is 407 g/mol. The van der Waals surface area contributed by atoms with E-state index in [0.717, 1.165) is 56.5 Å². The zero-order chi connectivity index (χ0) is 21.5. The van der Waals surface area contributed by atoms with Gasteiger partial charge in [0.2, 0.25) is 0 Å². The summed E-state index contributed by atoms with van der Waals surface area (Å²) in [6.45, 7) is 17.6. The van der Waals surface area contributed by atoms with Crippen LogP contribution in [0, 0.1) is 16.7 Å². The number of aliphatic hydroxyl groups excluding tert-OH is 1. The normalized spacial score (nSPS) is 19.7. The lowest BCUT2D eigenvalue weighted by Gasteiger charge is -2.42. The van der Waals surface area contributed by atoms with E-state index in [4.69, 9.17) is 19.3 Å². The third-order valence-electron chi connectivity index (χ3n) is 6.55. The summed E-state index contributed by atoms with van der Waals surface area (Å²) in [7, 11) is 0. The third-order valence-corrected chi connectivity index (χ3v) is 6.55. The predicted octanol–water partition coefficient (Wildman–Crippen LogP) is 5.32. The van der Waals surface area contributed by atoms with E-state index >= 15 is 0 Å². The van der Waals surface area contributed by atoms with E-state index in [-0.39, 0.29) is 17.6 Å². The molecule has 1 aromatic rings. The van der Waals surface area contributed by atoms with Crippen molar-refractivity contribution in [2.24, 2.45) is 16.7 Å². The minimum atomic E-state index is -0.314. The van der Waals surface area contributed by atoms with E-state index in [0.29, 0.717) is 5.41 Å². The summed E-state index contributed by atoms with van der Waals surface area (Å²) in [5.41, 5.74) is 2.52. The first kappa shape index (κ1) is 24.3. The highest BCUT2D eigenvalue weighted by Gasteiger charge is 2.39. The summed E-state index contributed by atoms with van der Waals surface area (Å²) >= 11 is 0. The monoisotopic (exact) mass is 406 g/mol. The highest BCUT2D eigenvalue weighted by molar-refractivity contribution is 5.26. The van der Waals surface area contributed by atoms with Crippen LogP contribution in [0.1, 0.15) is 71.9 Å². The van der Waals surface area contributed by atoms with Gasteiger partial charge in [-0.25, -0.2) is 0 Å². The molecule has 166 valence electrons. The highest BCUT2D eigenvalue weighted by Crippen LogP contribution is 2.37. The van der Waals surface area contributed by atoms with Gasteiger partial charge in [0.05, 0.1) is 45.2 Å². The van der Waals surface area contributed by atoms with Gasteiger partial charge in [-0.2, -0.15) is 0 Å². The molecule has 2 aliphatic rings. The van der Waals surface area contributed by atoms with E-state index < -0.39 is 0 Å². The molecule has 0 amide bonds. The summed E-state index contributed by atoms with van der Waals surface area (Å²) in [6.07, 6.45) is 3.71. The van der Waals surface area contributed by atoms with E-state index in [2.05, 4.69) is 41.5 Å². The van der Waals surface area contributed by atoms with Gasteiger partial charge in [0, 0.05) is 10.8 Å². The van der Waals surface area contributed by atoms with Gasteiger partial charge in [-0.05, 0) is 50.2 Å². The van der Waals surface area contributed by atoms with Crippen molar-refractivity contribution in [1.82, 2.24) is 0 Å². The van der Waals surface area contributed by atoms with Gasteiger partial charge in [0.1, 0.15) is 0 Å². The fraction of sp³-hybridized carbons (Fsp3) is 0.760. The molecular formula is C25H42O4. The molecule has 0 unspecified atom stereocenters. The molecule has 0 bridgehead atoms. The predicted molar refractivity (Wildman–Crippen MR) is 118 cm³/mol. The molecule has 0 aliphatic carbocycles. The quantitative estimate of drug-likeness (QED) is 0.603. The summed E-state index contributed by atoms with van der Waals surface area (Å²) in [5.74, 6) is 0.823. The lowest BCUT2D eigenvalue weighted by molar-refractivity contribution is -0.176. The summed E-state index contributed by atoms with van der Waals surface area (Å²) in [5, 5.41) is 9.07. The van der Waals surface area contributed by atoms with Crippen LogP contribution >= 0.6 is 0 Å². The van der Waals surface area contributed by atoms with Crippen molar-refractivity contribution in [3.8, 4) is 0 Å². The van der Waals surface area contributed by atoms with Gasteiger partial charge in [0.25, 0.3) is 0 Å². The summed E-state index contributed by atoms with van der Waals surface area (Å²) < 4.78 is 16.7. The van der Waals surface area contributed by atoms with Gasteiger partial charge in [-0.1, -0.05) is 52.0 Å². The fourth-order valence-electron chi connectivity index (χ4n) is 3.93. The Morgan fingerprint density at radius 3 is 1.79 bits per heavy atom. The van der Waals surface area contributed by atoms with Crippen LogP contribution in [-0.2, 0) is 26.4 Å². The Balaban J connectivity index is 0.000000253. The molecule has 2 aliphatic heterocycles. The van der Waals surface area contributed by atoms with Crippen LogP contribution in [0.3, 0.4) is 0 Å². The first-order valence-corrected chi connectivity index (χ1v) is 11.2. The van der Waals surface area contributed by atoms with Crippen LogP contribution in [0.2, 0.25) is 0 Å². The molecule has 0 radical (unpaired) electrons. The van der Waals surface area contributed by atoms with Gasteiger partial charge in [-0.15, -0.1) is 0 Å². The second kappa shape index (κ2) is 10.4. The number of benzene rings is 1. The second-order valence-electron chi connectivity index (χ2n) is 9.94. The standard InChI is InChI=1S/C16H24O3.C9H18O/c1-4-16(10-18-11-16)12-19-15(2,3)14-7-5-13(9-17)6-8-14;1-4-9(5-8(2)3)6-10-7-9/h5-8,17H,4,9-12H2,1-3H3;8H,4-7H2,1-3H3. The lowest BCUT2D eigenvalue weighted by Crippen LogP contribution is -2.47. The smallest absolute Gasteiger partial charge is 0.0875 e. The molecule has 0 spiro atoms. The lowest BCUT2D eigenvalue weighted by atomic mass is 9.76. The molecule has 1 N–H and O–H groups in total. The van der Waals surface area contributed by atoms with E-state index in [9.17, 15) is 0 Å². The van der Waals surface area contributed by atoms with Crippen LogP contribution in [-0.4, -0.2) is 38.1 Å². The molecule has 29 heavy (non-hydrogen) atoms. The Kier molecular flexibility index (Phi) is 8.72. The van der Waals surface area contributed by atoms with Crippen molar-refractivity contribution in [2.45, 2.75) is 73.0 Å². The summed E-state index contributed by atoms with van der Waals surface area (Å²) in [6, 6.07) is 7.95. The second-order valence-corrected chi connectivity index (χ2v) is 9.94. The number of hydrogen-bond donors (Lipinski definition) is 1. The molecule has 3 rings (SSSR count). The number of hydrogen-bond acceptors (Lipinski definition) is 4. The average Bonchev–Trinajstić information content (AvgIpc) is 2.64. The van der Waals surface area contributed by atoms with Gasteiger partial charge in [0.15, 0.2) is 0 Å². The molecule has 0 aromatic heterocycles. The van der Waals surface area contributed by atoms with E-state index in [1.807, 2.05) is 24.3 Å². The minimum Gasteiger partial charge on any atom is -0.392 e. The molecule has 0 atom stereocenters. The first-order chi connectivity index (χ1) is 13.7. The Hall–Kier alpha value is -0.940. The van der Waals surface area contributed by atoms with Crippen LogP contribution in [0.5, 0.6) is 0 Å². The van der Waals surface area contributed by atoms with E-state index in [1.165, 1.54) is 12.8 Å². The van der Waals surface area contributed by atoms with Crippen LogP contribution in [0.25, 0.3) is 0 Å². The molecule has 4 nitrogen and oxygen atoms in total. The van der Waals surface area contributed by atoms with Crippen molar-refractivity contribution in [2.75, 3.05) is 33.0 Å². The van der Waals surface area contributed by atoms with E-state index in [1.54, 1.807) is 0 Å². The topological polar surface area (TPSA) is 47.9 Å².